The summed E-state index contributed by atoms with van der Waals surface area (Å²) in [5, 5.41) is 7.87. The Morgan fingerprint density at radius 2 is 0.667 bits per heavy atom. The van der Waals surface area contributed by atoms with E-state index in [0.717, 1.165) is 0 Å². The van der Waals surface area contributed by atoms with Crippen molar-refractivity contribution in [2.75, 3.05) is 24.6 Å². The fourth-order valence-corrected chi connectivity index (χ4v) is 10.5. The van der Waals surface area contributed by atoms with E-state index in [1.54, 1.807) is 50.3 Å². The third-order valence-corrected chi connectivity index (χ3v) is 13.4. The van der Waals surface area contributed by atoms with Crippen LogP contribution in [0.25, 0.3) is 0 Å². The quantitative estimate of drug-likeness (QED) is 0.0692. The van der Waals surface area contributed by atoms with Gasteiger partial charge >= 0.3 is 5.97 Å². The van der Waals surface area contributed by atoms with E-state index >= 15 is 0 Å². The highest BCUT2D eigenvalue weighted by atomic mass is 31.2. The van der Waals surface area contributed by atoms with Crippen LogP contribution in [0.2, 0.25) is 0 Å². The number of unbranched alkanes of at least 4 members (excludes halogenated alkanes) is 20. The Balaban J connectivity index is 0. The summed E-state index contributed by atoms with van der Waals surface area (Å²) >= 11 is 0. The van der Waals surface area contributed by atoms with Gasteiger partial charge in [-0.1, -0.05) is 130 Å². The van der Waals surface area contributed by atoms with Crippen molar-refractivity contribution in [3.8, 4) is 0 Å². The highest BCUT2D eigenvalue weighted by Gasteiger charge is 2.34. The smallest absolute Gasteiger partial charge is 0.320 e. The largest absolute Gasteiger partial charge is 0.480 e. The molecule has 0 heterocycles. The molecular weight excluding hydrogens is 497 g/mol. The molecule has 0 rings (SSSR count). The van der Waals surface area contributed by atoms with Gasteiger partial charge in [0.25, 0.3) is 0 Å². The van der Waals surface area contributed by atoms with E-state index in [1.165, 1.54) is 135 Å². The highest BCUT2D eigenvalue weighted by Crippen LogP contribution is 2.61. The second kappa shape index (κ2) is 32.4. The molecule has 39 heavy (non-hydrogen) atoms. The maximum Gasteiger partial charge on any atom is 0.320 e. The SMILES string of the molecule is CC(N)C(=O)O.CCCCCCCC[P+](CCCCCCCC)(CCCCCCCC)CCCCCCCC. The lowest BCUT2D eigenvalue weighted by molar-refractivity contribution is -0.138. The number of hydrogen-bond acceptors (Lipinski definition) is 2. The third kappa shape index (κ3) is 30.6. The second-order valence-electron chi connectivity index (χ2n) is 12.4. The third-order valence-electron chi connectivity index (χ3n) is 8.33. The van der Waals surface area contributed by atoms with E-state index in [1.807, 2.05) is 0 Å². The molecule has 0 aromatic rings. The van der Waals surface area contributed by atoms with Crippen molar-refractivity contribution >= 4 is 13.2 Å². The minimum Gasteiger partial charge on any atom is -0.480 e. The van der Waals surface area contributed by atoms with Crippen LogP contribution >= 0.6 is 7.26 Å². The molecule has 4 heteroatoms. The predicted octanol–water partition coefficient (Wildman–Crippen LogP) is 11.9. The molecule has 0 saturated carbocycles. The summed E-state index contributed by atoms with van der Waals surface area (Å²) in [5.41, 5.74) is 4.84. The summed E-state index contributed by atoms with van der Waals surface area (Å²) in [4.78, 5) is 9.57. The Morgan fingerprint density at radius 3 is 0.846 bits per heavy atom. The number of carboxylic acid groups (broad SMARTS) is 1. The van der Waals surface area contributed by atoms with Crippen LogP contribution in [-0.4, -0.2) is 41.8 Å². The lowest BCUT2D eigenvalue weighted by atomic mass is 10.1. The maximum absolute atomic E-state index is 9.57. The van der Waals surface area contributed by atoms with Crippen molar-refractivity contribution < 1.29 is 9.90 Å². The molecule has 0 aliphatic heterocycles. The van der Waals surface area contributed by atoms with E-state index < -0.39 is 19.3 Å². The molecule has 0 aliphatic rings. The van der Waals surface area contributed by atoms with Crippen LogP contribution in [0.1, 0.15) is 189 Å². The maximum atomic E-state index is 9.57. The first-order valence-electron chi connectivity index (χ1n) is 17.7. The van der Waals surface area contributed by atoms with Crippen LogP contribution in [0.5, 0.6) is 0 Å². The molecule has 3 nitrogen and oxygen atoms in total. The summed E-state index contributed by atoms with van der Waals surface area (Å²) < 4.78 is 0. The monoisotopic (exact) mass is 573 g/mol. The number of carboxylic acids is 1. The minimum absolute atomic E-state index is 0.718. The van der Waals surface area contributed by atoms with Gasteiger partial charge in [0.2, 0.25) is 0 Å². The van der Waals surface area contributed by atoms with Gasteiger partial charge in [-0.15, -0.1) is 0 Å². The van der Waals surface area contributed by atoms with Crippen molar-refractivity contribution in [3.05, 3.63) is 0 Å². The van der Waals surface area contributed by atoms with E-state index in [9.17, 15) is 4.79 Å². The van der Waals surface area contributed by atoms with E-state index in [2.05, 4.69) is 27.7 Å². The number of aliphatic carboxylic acids is 1. The summed E-state index contributed by atoms with van der Waals surface area (Å²) in [7, 11) is -0.718. The molecule has 0 aromatic heterocycles. The summed E-state index contributed by atoms with van der Waals surface area (Å²) in [6, 6.07) is -0.731. The van der Waals surface area contributed by atoms with Gasteiger partial charge in [0.05, 0.1) is 24.6 Å². The lowest BCUT2D eigenvalue weighted by Crippen LogP contribution is -2.25. The van der Waals surface area contributed by atoms with Crippen molar-refractivity contribution in [2.45, 2.75) is 195 Å². The predicted molar refractivity (Wildman–Crippen MR) is 181 cm³/mol. The van der Waals surface area contributed by atoms with Crippen LogP contribution in [-0.2, 0) is 4.79 Å². The average molecular weight is 573 g/mol. The van der Waals surface area contributed by atoms with Crippen molar-refractivity contribution in [2.24, 2.45) is 5.73 Å². The fraction of sp³-hybridized carbons (Fsp3) is 0.971. The first kappa shape index (κ1) is 41.0. The van der Waals surface area contributed by atoms with Gasteiger partial charge in [0.1, 0.15) is 6.04 Å². The second-order valence-corrected chi connectivity index (χ2v) is 16.9. The van der Waals surface area contributed by atoms with Gasteiger partial charge in [-0.3, -0.25) is 4.79 Å². The van der Waals surface area contributed by atoms with Crippen LogP contribution < -0.4 is 5.73 Å². The van der Waals surface area contributed by atoms with E-state index in [-0.39, 0.29) is 0 Å². The first-order chi connectivity index (χ1) is 18.9. The molecule has 236 valence electrons. The number of carbonyl (C=O) groups is 1. The molecule has 1 atom stereocenters. The topological polar surface area (TPSA) is 63.3 Å². The average Bonchev–Trinajstić information content (AvgIpc) is 2.92. The van der Waals surface area contributed by atoms with Crippen molar-refractivity contribution in [1.82, 2.24) is 0 Å². The Morgan fingerprint density at radius 1 is 0.487 bits per heavy atom. The van der Waals surface area contributed by atoms with Gasteiger partial charge in [-0.2, -0.15) is 0 Å². The Labute approximate surface area is 248 Å². The zero-order valence-electron chi connectivity index (χ0n) is 27.8. The zero-order chi connectivity index (χ0) is 29.5. The van der Waals surface area contributed by atoms with Gasteiger partial charge in [0, 0.05) is 7.26 Å². The molecule has 0 saturated heterocycles. The molecule has 1 unspecified atom stereocenters. The van der Waals surface area contributed by atoms with E-state index in [4.69, 9.17) is 10.8 Å². The summed E-state index contributed by atoms with van der Waals surface area (Å²) in [5.74, 6) is -0.963. The minimum atomic E-state index is -0.963. The Bertz CT molecular complexity index is 414. The summed E-state index contributed by atoms with van der Waals surface area (Å²) in [6.45, 7) is 10.8. The molecule has 0 radical (unpaired) electrons. The number of rotatable bonds is 29. The van der Waals surface area contributed by atoms with Crippen LogP contribution in [0.3, 0.4) is 0 Å². The molecular formula is C35H75NO2P+. The molecule has 0 aromatic carbocycles. The van der Waals surface area contributed by atoms with Crippen LogP contribution in [0, 0.1) is 0 Å². The van der Waals surface area contributed by atoms with Crippen molar-refractivity contribution in [1.29, 1.82) is 0 Å². The Kier molecular flexibility index (Phi) is 34.0. The molecule has 3 N–H and O–H groups in total. The molecule has 0 aliphatic carbocycles. The van der Waals surface area contributed by atoms with Crippen LogP contribution in [0.4, 0.5) is 0 Å². The lowest BCUT2D eigenvalue weighted by Gasteiger charge is -2.28. The molecule has 0 spiro atoms. The normalized spacial score (nSPS) is 12.3. The van der Waals surface area contributed by atoms with E-state index in [0.29, 0.717) is 0 Å². The summed E-state index contributed by atoms with van der Waals surface area (Å²) in [6.07, 6.45) is 42.1. The Hall–Kier alpha value is -0.140. The van der Waals surface area contributed by atoms with Gasteiger partial charge < -0.3 is 10.8 Å². The molecule has 0 bridgehead atoms. The zero-order valence-corrected chi connectivity index (χ0v) is 28.7. The van der Waals surface area contributed by atoms with Gasteiger partial charge in [-0.05, 0) is 58.3 Å². The fourth-order valence-electron chi connectivity index (χ4n) is 5.58. The van der Waals surface area contributed by atoms with Crippen molar-refractivity contribution in [3.63, 3.8) is 0 Å². The van der Waals surface area contributed by atoms with Gasteiger partial charge in [-0.25, -0.2) is 0 Å². The van der Waals surface area contributed by atoms with Gasteiger partial charge in [0.15, 0.2) is 0 Å². The van der Waals surface area contributed by atoms with Crippen LogP contribution in [0.15, 0.2) is 0 Å². The molecule has 0 fully saturated rings. The highest BCUT2D eigenvalue weighted by molar-refractivity contribution is 7.75. The standard InChI is InChI=1S/C32H68P.C3H7NO2/c1-5-9-13-17-21-25-29-33(30-26-22-18-14-10-6-2,31-27-23-19-15-11-7-3)32-28-24-20-16-12-8-4;1-2(4)3(5)6/h5-32H2,1-4H3;2H,4H2,1H3,(H,5,6)/q+1;. The number of nitrogens with two attached hydrogens (primary N) is 1. The number of hydrogen-bond donors (Lipinski definition) is 2. The molecule has 0 amide bonds. The first-order valence-corrected chi connectivity index (χ1v) is 20.3.